The fourth-order valence-corrected chi connectivity index (χ4v) is 2.93. The van der Waals surface area contributed by atoms with Gasteiger partial charge in [-0.1, -0.05) is 17.9 Å². The molecule has 0 spiro atoms. The zero-order valence-electron chi connectivity index (χ0n) is 10.5. The summed E-state index contributed by atoms with van der Waals surface area (Å²) in [7, 11) is 0. The lowest BCUT2D eigenvalue weighted by Gasteiger charge is -2.42. The third-order valence-corrected chi connectivity index (χ3v) is 3.93. The average Bonchev–Trinajstić information content (AvgIpc) is 2.87. The van der Waals surface area contributed by atoms with Crippen LogP contribution < -0.4 is 4.90 Å². The molecular weight excluding hydrogens is 254 g/mol. The summed E-state index contributed by atoms with van der Waals surface area (Å²) in [4.78, 5) is 2.20. The fourth-order valence-electron chi connectivity index (χ4n) is 2.84. The number of anilines is 1. The number of fused-ring (bicyclic) bond motifs is 1. The molecule has 1 aliphatic heterocycles. The van der Waals surface area contributed by atoms with Crippen molar-refractivity contribution < 1.29 is 9.15 Å². The smallest absolute Gasteiger partial charge is 0.318 e. The van der Waals surface area contributed by atoms with Crippen molar-refractivity contribution in [1.29, 1.82) is 0 Å². The molecule has 0 radical (unpaired) electrons. The normalized spacial score (nSPS) is 30.0. The third kappa shape index (κ3) is 2.21. The molecular formula is C12H18ClN3O2. The molecule has 100 valence electrons. The Bertz CT molecular complexity index is 408. The van der Waals surface area contributed by atoms with Crippen molar-refractivity contribution in [3.05, 3.63) is 5.89 Å². The standard InChI is InChI=1S/C12H18ClN3O2/c1-8(13)11-14-15-12(18-11)16-6-7-17-10-5-3-2-4-9(10)16/h8-10H,2-7H2,1H3. The predicted octanol–water partition coefficient (Wildman–Crippen LogP) is 2.52. The Morgan fingerprint density at radius 3 is 2.94 bits per heavy atom. The summed E-state index contributed by atoms with van der Waals surface area (Å²) < 4.78 is 11.5. The number of ether oxygens (including phenoxy) is 1. The van der Waals surface area contributed by atoms with Crippen LogP contribution in [-0.2, 0) is 4.74 Å². The number of halogens is 1. The van der Waals surface area contributed by atoms with Crippen molar-refractivity contribution in [2.75, 3.05) is 18.1 Å². The zero-order valence-corrected chi connectivity index (χ0v) is 11.3. The Hall–Kier alpha value is -0.810. The number of aromatic nitrogens is 2. The quantitative estimate of drug-likeness (QED) is 0.774. The molecule has 3 unspecified atom stereocenters. The molecule has 2 aliphatic rings. The molecule has 1 aromatic rings. The Labute approximate surface area is 111 Å². The molecule has 1 aliphatic carbocycles. The van der Waals surface area contributed by atoms with E-state index in [9.17, 15) is 0 Å². The second-order valence-corrected chi connectivity index (χ2v) is 5.65. The largest absolute Gasteiger partial charge is 0.406 e. The van der Waals surface area contributed by atoms with Crippen molar-refractivity contribution >= 4 is 17.6 Å². The SMILES string of the molecule is CC(Cl)c1nnc(N2CCOC3CCCCC32)o1. The minimum Gasteiger partial charge on any atom is -0.406 e. The first kappa shape index (κ1) is 12.2. The van der Waals surface area contributed by atoms with Gasteiger partial charge in [0.15, 0.2) is 0 Å². The minimum absolute atomic E-state index is 0.241. The van der Waals surface area contributed by atoms with E-state index in [0.29, 0.717) is 24.1 Å². The molecule has 18 heavy (non-hydrogen) atoms. The van der Waals surface area contributed by atoms with Crippen LogP contribution in [0.25, 0.3) is 0 Å². The van der Waals surface area contributed by atoms with Crippen molar-refractivity contribution in [1.82, 2.24) is 10.2 Å². The van der Waals surface area contributed by atoms with Crippen LogP contribution in [0, 0.1) is 0 Å². The molecule has 3 atom stereocenters. The van der Waals surface area contributed by atoms with E-state index in [-0.39, 0.29) is 5.38 Å². The van der Waals surface area contributed by atoms with E-state index >= 15 is 0 Å². The summed E-state index contributed by atoms with van der Waals surface area (Å²) in [6.07, 6.45) is 5.08. The van der Waals surface area contributed by atoms with Crippen LogP contribution in [-0.4, -0.2) is 35.5 Å². The summed E-state index contributed by atoms with van der Waals surface area (Å²) >= 11 is 5.95. The highest BCUT2D eigenvalue weighted by Crippen LogP contribution is 2.32. The van der Waals surface area contributed by atoms with E-state index in [4.69, 9.17) is 20.8 Å². The second kappa shape index (κ2) is 5.05. The summed E-state index contributed by atoms with van der Waals surface area (Å²) in [6, 6.07) is 0.976. The molecule has 2 fully saturated rings. The monoisotopic (exact) mass is 271 g/mol. The van der Waals surface area contributed by atoms with Crippen LogP contribution in [0.2, 0.25) is 0 Å². The van der Waals surface area contributed by atoms with Crippen LogP contribution in [0.3, 0.4) is 0 Å². The van der Waals surface area contributed by atoms with Gasteiger partial charge in [0.1, 0.15) is 5.38 Å². The maximum Gasteiger partial charge on any atom is 0.318 e. The Kier molecular flexibility index (Phi) is 3.43. The Morgan fingerprint density at radius 1 is 1.33 bits per heavy atom. The summed E-state index contributed by atoms with van der Waals surface area (Å²) in [5.41, 5.74) is 0. The van der Waals surface area contributed by atoms with Crippen LogP contribution in [0.15, 0.2) is 4.42 Å². The van der Waals surface area contributed by atoms with Gasteiger partial charge in [-0.05, 0) is 19.8 Å². The number of rotatable bonds is 2. The van der Waals surface area contributed by atoms with Gasteiger partial charge >= 0.3 is 6.01 Å². The van der Waals surface area contributed by atoms with E-state index in [1.807, 2.05) is 6.92 Å². The molecule has 1 saturated heterocycles. The van der Waals surface area contributed by atoms with Crippen molar-refractivity contribution in [3.63, 3.8) is 0 Å². The van der Waals surface area contributed by atoms with Gasteiger partial charge in [-0.3, -0.25) is 0 Å². The highest BCUT2D eigenvalue weighted by molar-refractivity contribution is 6.20. The van der Waals surface area contributed by atoms with Gasteiger partial charge in [-0.15, -0.1) is 16.7 Å². The number of alkyl halides is 1. The Balaban J connectivity index is 1.80. The van der Waals surface area contributed by atoms with Crippen molar-refractivity contribution in [2.24, 2.45) is 0 Å². The molecule has 3 rings (SSSR count). The van der Waals surface area contributed by atoms with Crippen LogP contribution in [0.5, 0.6) is 0 Å². The maximum atomic E-state index is 5.95. The van der Waals surface area contributed by atoms with Gasteiger partial charge in [0.25, 0.3) is 0 Å². The van der Waals surface area contributed by atoms with E-state index < -0.39 is 0 Å². The number of hydrogen-bond donors (Lipinski definition) is 0. The average molecular weight is 272 g/mol. The van der Waals surface area contributed by atoms with Crippen LogP contribution in [0.4, 0.5) is 6.01 Å². The van der Waals surface area contributed by atoms with E-state index in [1.54, 1.807) is 0 Å². The van der Waals surface area contributed by atoms with Crippen LogP contribution in [0.1, 0.15) is 43.9 Å². The number of hydrogen-bond acceptors (Lipinski definition) is 5. The Morgan fingerprint density at radius 2 is 2.17 bits per heavy atom. The summed E-state index contributed by atoms with van der Waals surface area (Å²) in [5, 5.41) is 7.88. The lowest BCUT2D eigenvalue weighted by Crippen LogP contribution is -2.53. The van der Waals surface area contributed by atoms with Crippen molar-refractivity contribution in [3.8, 4) is 0 Å². The lowest BCUT2D eigenvalue weighted by atomic mass is 9.90. The van der Waals surface area contributed by atoms with Gasteiger partial charge in [-0.25, -0.2) is 0 Å². The maximum absolute atomic E-state index is 5.95. The van der Waals surface area contributed by atoms with Gasteiger partial charge in [0, 0.05) is 6.54 Å². The highest BCUT2D eigenvalue weighted by Gasteiger charge is 2.36. The molecule has 0 N–H and O–H groups in total. The van der Waals surface area contributed by atoms with Gasteiger partial charge in [0.2, 0.25) is 5.89 Å². The predicted molar refractivity (Wildman–Crippen MR) is 67.9 cm³/mol. The van der Waals surface area contributed by atoms with Gasteiger partial charge in [-0.2, -0.15) is 0 Å². The molecule has 0 amide bonds. The van der Waals surface area contributed by atoms with E-state index in [2.05, 4.69) is 15.1 Å². The second-order valence-electron chi connectivity index (χ2n) is 4.99. The first-order valence-electron chi connectivity index (χ1n) is 6.61. The first-order valence-corrected chi connectivity index (χ1v) is 7.05. The molecule has 6 heteroatoms. The van der Waals surface area contributed by atoms with Crippen molar-refractivity contribution in [2.45, 2.75) is 50.1 Å². The van der Waals surface area contributed by atoms with Gasteiger partial charge < -0.3 is 14.1 Å². The number of nitrogens with zero attached hydrogens (tertiary/aromatic N) is 3. The van der Waals surface area contributed by atoms with E-state index in [1.165, 1.54) is 12.8 Å². The minimum atomic E-state index is -0.241. The molecule has 1 saturated carbocycles. The molecule has 5 nitrogen and oxygen atoms in total. The first-order chi connectivity index (χ1) is 8.75. The van der Waals surface area contributed by atoms with Crippen LogP contribution >= 0.6 is 11.6 Å². The number of morpholine rings is 1. The lowest BCUT2D eigenvalue weighted by molar-refractivity contribution is -0.0106. The zero-order chi connectivity index (χ0) is 12.5. The summed E-state index contributed by atoms with van der Waals surface area (Å²) in [5.74, 6) is 0.491. The van der Waals surface area contributed by atoms with E-state index in [0.717, 1.165) is 26.0 Å². The van der Waals surface area contributed by atoms with Gasteiger partial charge in [0.05, 0.1) is 18.8 Å². The topological polar surface area (TPSA) is 51.4 Å². The molecule has 2 heterocycles. The summed E-state index contributed by atoms with van der Waals surface area (Å²) in [6.45, 7) is 3.39. The third-order valence-electron chi connectivity index (χ3n) is 3.75. The fraction of sp³-hybridized carbons (Fsp3) is 0.833. The molecule has 0 aromatic carbocycles. The molecule has 1 aromatic heterocycles. The highest BCUT2D eigenvalue weighted by atomic mass is 35.5. The molecule has 0 bridgehead atoms.